The third-order valence-corrected chi connectivity index (χ3v) is 5.70. The van der Waals surface area contributed by atoms with Crippen molar-refractivity contribution in [1.29, 1.82) is 0 Å². The van der Waals surface area contributed by atoms with Crippen molar-refractivity contribution in [3.63, 3.8) is 0 Å². The summed E-state index contributed by atoms with van der Waals surface area (Å²) < 4.78 is 0. The van der Waals surface area contributed by atoms with Crippen LogP contribution in [0.5, 0.6) is 5.75 Å². The summed E-state index contributed by atoms with van der Waals surface area (Å²) in [6, 6.07) is 5.11. The number of hydrogen-bond donors (Lipinski definition) is 2. The fourth-order valence-corrected chi connectivity index (χ4v) is 4.12. The molecule has 3 nitrogen and oxygen atoms in total. The van der Waals surface area contributed by atoms with Gasteiger partial charge in [0.2, 0.25) is 0 Å². The molecule has 1 aromatic rings. The summed E-state index contributed by atoms with van der Waals surface area (Å²) in [5.74, 6) is 1.28. The van der Waals surface area contributed by atoms with E-state index in [1.807, 2.05) is 0 Å². The Labute approximate surface area is 178 Å². The molecular weight excluding hydrogens is 379 g/mol. The number of hydrogen-bond acceptors (Lipinski definition) is 3. The molecule has 0 aromatic heterocycles. The van der Waals surface area contributed by atoms with Gasteiger partial charge in [0.1, 0.15) is 5.75 Å². The summed E-state index contributed by atoms with van der Waals surface area (Å²) in [7, 11) is 0. The summed E-state index contributed by atoms with van der Waals surface area (Å²) in [6.45, 7) is 17.6. The van der Waals surface area contributed by atoms with Gasteiger partial charge in [0.05, 0.1) is 0 Å². The molecular formula is C22H38Cl2N2O. The van der Waals surface area contributed by atoms with Crippen molar-refractivity contribution in [2.75, 3.05) is 26.2 Å². The minimum Gasteiger partial charge on any atom is -0.507 e. The number of piperazine rings is 1. The lowest BCUT2D eigenvalue weighted by Gasteiger charge is -2.37. The van der Waals surface area contributed by atoms with Crippen LogP contribution in [0.3, 0.4) is 0 Å². The highest BCUT2D eigenvalue weighted by molar-refractivity contribution is 5.85. The molecule has 0 unspecified atom stereocenters. The van der Waals surface area contributed by atoms with Crippen LogP contribution in [-0.2, 0) is 10.8 Å². The van der Waals surface area contributed by atoms with Gasteiger partial charge >= 0.3 is 0 Å². The molecule has 5 heteroatoms. The molecule has 2 aliphatic rings. The standard InChI is InChI=1S/C22H36N2O.2ClH/c1-21(2,3)17-13-16(14-18(20(17)25)22(4,5)6)19(15-7-8-15)24-11-9-23-10-12-24;;/h13-15,19,23,25H,7-12H2,1-6H3;2*1H/t19-;;/m1../s1. The average molecular weight is 417 g/mol. The Kier molecular flexibility index (Phi) is 8.10. The Morgan fingerprint density at radius 1 is 0.926 bits per heavy atom. The van der Waals surface area contributed by atoms with E-state index in [4.69, 9.17) is 0 Å². The highest BCUT2D eigenvalue weighted by Gasteiger charge is 2.38. The highest BCUT2D eigenvalue weighted by Crippen LogP contribution is 2.48. The number of halogens is 2. The normalized spacial score (nSPS) is 19.8. The zero-order chi connectivity index (χ0) is 18.4. The predicted octanol–water partition coefficient (Wildman–Crippen LogP) is 5.19. The Balaban J connectivity index is 0.00000182. The number of benzene rings is 1. The minimum absolute atomic E-state index is 0. The number of phenols is 1. The number of rotatable bonds is 3. The van der Waals surface area contributed by atoms with Crippen molar-refractivity contribution in [3.05, 3.63) is 28.8 Å². The maximum absolute atomic E-state index is 11.0. The molecule has 1 saturated heterocycles. The van der Waals surface area contributed by atoms with Gasteiger partial charge in [-0.25, -0.2) is 0 Å². The second kappa shape index (κ2) is 8.90. The topological polar surface area (TPSA) is 35.5 Å². The number of phenolic OH excluding ortho intramolecular Hbond substituents is 1. The van der Waals surface area contributed by atoms with Crippen LogP contribution >= 0.6 is 24.8 Å². The molecule has 1 aromatic carbocycles. The van der Waals surface area contributed by atoms with Crippen LogP contribution in [0, 0.1) is 5.92 Å². The van der Waals surface area contributed by atoms with Crippen molar-refractivity contribution >= 4 is 24.8 Å². The zero-order valence-electron chi connectivity index (χ0n) is 17.8. The maximum Gasteiger partial charge on any atom is 0.123 e. The van der Waals surface area contributed by atoms with Gasteiger partial charge in [0, 0.05) is 32.2 Å². The summed E-state index contributed by atoms with van der Waals surface area (Å²) in [6.07, 6.45) is 2.68. The number of nitrogens with one attached hydrogen (secondary N) is 1. The van der Waals surface area contributed by atoms with Crippen LogP contribution in [0.1, 0.15) is 77.1 Å². The Morgan fingerprint density at radius 2 is 1.37 bits per heavy atom. The average Bonchev–Trinajstić information content (AvgIpc) is 3.32. The molecule has 1 saturated carbocycles. The van der Waals surface area contributed by atoms with E-state index in [0.29, 0.717) is 11.8 Å². The van der Waals surface area contributed by atoms with Crippen molar-refractivity contribution < 1.29 is 5.11 Å². The minimum atomic E-state index is -0.0579. The fraction of sp³-hybridized carbons (Fsp3) is 0.727. The van der Waals surface area contributed by atoms with E-state index in [1.54, 1.807) is 0 Å². The molecule has 1 aliphatic heterocycles. The predicted molar refractivity (Wildman–Crippen MR) is 120 cm³/mol. The van der Waals surface area contributed by atoms with E-state index in [0.717, 1.165) is 43.2 Å². The molecule has 1 atom stereocenters. The highest BCUT2D eigenvalue weighted by atomic mass is 35.5. The molecule has 0 radical (unpaired) electrons. The second-order valence-electron chi connectivity index (χ2n) is 10.0. The molecule has 2 N–H and O–H groups in total. The molecule has 1 heterocycles. The Bertz CT molecular complexity index is 589. The first-order chi connectivity index (χ1) is 11.6. The van der Waals surface area contributed by atoms with E-state index in [1.165, 1.54) is 18.4 Å². The van der Waals surface area contributed by atoms with E-state index < -0.39 is 0 Å². The van der Waals surface area contributed by atoms with Gasteiger partial charge in [-0.1, -0.05) is 41.5 Å². The molecule has 1 aliphatic carbocycles. The molecule has 27 heavy (non-hydrogen) atoms. The van der Waals surface area contributed by atoms with Crippen LogP contribution < -0.4 is 5.32 Å². The lowest BCUT2D eigenvalue weighted by molar-refractivity contribution is 0.156. The molecule has 0 amide bonds. The van der Waals surface area contributed by atoms with Crippen molar-refractivity contribution in [1.82, 2.24) is 10.2 Å². The molecule has 0 bridgehead atoms. The van der Waals surface area contributed by atoms with Gasteiger partial charge < -0.3 is 10.4 Å². The monoisotopic (exact) mass is 416 g/mol. The summed E-state index contributed by atoms with van der Waals surface area (Å²) >= 11 is 0. The summed E-state index contributed by atoms with van der Waals surface area (Å²) in [5.41, 5.74) is 3.48. The number of nitrogens with zero attached hydrogens (tertiary/aromatic N) is 1. The zero-order valence-corrected chi connectivity index (χ0v) is 19.4. The quantitative estimate of drug-likeness (QED) is 0.711. The third kappa shape index (κ3) is 5.53. The van der Waals surface area contributed by atoms with Gasteiger partial charge in [-0.05, 0) is 58.4 Å². The lowest BCUT2D eigenvalue weighted by atomic mass is 9.77. The van der Waals surface area contributed by atoms with E-state index in [9.17, 15) is 5.11 Å². The van der Waals surface area contributed by atoms with Gasteiger partial charge in [0.15, 0.2) is 0 Å². The first-order valence-electron chi connectivity index (χ1n) is 9.91. The van der Waals surface area contributed by atoms with Gasteiger partial charge in [-0.3, -0.25) is 4.90 Å². The second-order valence-corrected chi connectivity index (χ2v) is 10.0. The molecule has 156 valence electrons. The van der Waals surface area contributed by atoms with Gasteiger partial charge in [-0.2, -0.15) is 0 Å². The van der Waals surface area contributed by atoms with E-state index in [-0.39, 0.29) is 35.6 Å². The van der Waals surface area contributed by atoms with Crippen LogP contribution in [0.25, 0.3) is 0 Å². The third-order valence-electron chi connectivity index (χ3n) is 5.70. The van der Waals surface area contributed by atoms with Crippen LogP contribution in [0.15, 0.2) is 12.1 Å². The smallest absolute Gasteiger partial charge is 0.123 e. The summed E-state index contributed by atoms with van der Waals surface area (Å²) in [4.78, 5) is 2.67. The molecule has 3 rings (SSSR count). The first-order valence-corrected chi connectivity index (χ1v) is 9.91. The Hall–Kier alpha value is -0.480. The number of aromatic hydroxyl groups is 1. The fourth-order valence-electron chi connectivity index (χ4n) is 4.12. The van der Waals surface area contributed by atoms with Crippen molar-refractivity contribution in [3.8, 4) is 5.75 Å². The maximum atomic E-state index is 11.0. The molecule has 0 spiro atoms. The first kappa shape index (κ1) is 24.6. The molecule has 2 fully saturated rings. The van der Waals surface area contributed by atoms with Crippen LogP contribution in [-0.4, -0.2) is 36.2 Å². The van der Waals surface area contributed by atoms with Crippen molar-refractivity contribution in [2.45, 2.75) is 71.3 Å². The lowest BCUT2D eigenvalue weighted by Crippen LogP contribution is -2.45. The van der Waals surface area contributed by atoms with Crippen molar-refractivity contribution in [2.24, 2.45) is 5.92 Å². The van der Waals surface area contributed by atoms with Crippen LogP contribution in [0.4, 0.5) is 0 Å². The summed E-state index contributed by atoms with van der Waals surface area (Å²) in [5, 5.41) is 14.5. The van der Waals surface area contributed by atoms with Gasteiger partial charge in [0.25, 0.3) is 0 Å². The van der Waals surface area contributed by atoms with Crippen LogP contribution in [0.2, 0.25) is 0 Å². The van der Waals surface area contributed by atoms with E-state index in [2.05, 4.69) is 63.9 Å². The largest absolute Gasteiger partial charge is 0.507 e. The SMILES string of the molecule is CC(C)(C)c1cc([C@@H](C2CC2)N2CCNCC2)cc(C(C)(C)C)c1O.Cl.Cl. The van der Waals surface area contributed by atoms with Gasteiger partial charge in [-0.15, -0.1) is 24.8 Å². The van der Waals surface area contributed by atoms with E-state index >= 15 is 0 Å². The Morgan fingerprint density at radius 3 is 1.74 bits per heavy atom.